The summed E-state index contributed by atoms with van der Waals surface area (Å²) in [6.45, 7) is 6.79. The zero-order valence-corrected chi connectivity index (χ0v) is 17.2. The first-order valence-electron chi connectivity index (χ1n) is 9.23. The maximum Gasteiger partial charge on any atom is 0.407 e. The lowest BCUT2D eigenvalue weighted by Crippen LogP contribution is -2.33. The average molecular weight is 388 g/mol. The molecule has 2 aromatic carbocycles. The number of ether oxygens (including phenoxy) is 2. The molecule has 0 spiro atoms. The highest BCUT2D eigenvalue weighted by molar-refractivity contribution is 7.98. The summed E-state index contributed by atoms with van der Waals surface area (Å²) >= 11 is 1.85. The van der Waals surface area contributed by atoms with Gasteiger partial charge in [0.15, 0.2) is 0 Å². The van der Waals surface area contributed by atoms with Crippen LogP contribution >= 0.6 is 11.8 Å². The molecule has 1 amide bonds. The normalized spacial score (nSPS) is 11.1. The molecular weight excluding hydrogens is 358 g/mol. The van der Waals surface area contributed by atoms with Crippen LogP contribution in [0.25, 0.3) is 0 Å². The molecule has 0 atom stereocenters. The van der Waals surface area contributed by atoms with Gasteiger partial charge in [-0.15, -0.1) is 0 Å². The van der Waals surface area contributed by atoms with Crippen LogP contribution < -0.4 is 10.1 Å². The summed E-state index contributed by atoms with van der Waals surface area (Å²) in [5.74, 6) is 2.79. The first-order chi connectivity index (χ1) is 12.9. The summed E-state index contributed by atoms with van der Waals surface area (Å²) in [5, 5.41) is 2.78. The summed E-state index contributed by atoms with van der Waals surface area (Å²) in [4.78, 5) is 11.6. The number of alkyl carbamates (subject to hydrolysis) is 1. The van der Waals surface area contributed by atoms with E-state index in [0.717, 1.165) is 29.2 Å². The predicted molar refractivity (Wildman–Crippen MR) is 112 cm³/mol. The molecule has 0 aliphatic heterocycles. The van der Waals surface area contributed by atoms with Gasteiger partial charge in [0.1, 0.15) is 18.0 Å². The van der Waals surface area contributed by atoms with Gasteiger partial charge in [-0.05, 0) is 56.2 Å². The van der Waals surface area contributed by atoms with Crippen LogP contribution in [0.4, 0.5) is 4.79 Å². The Kier molecular flexibility index (Phi) is 8.52. The summed E-state index contributed by atoms with van der Waals surface area (Å²) in [6, 6.07) is 18.4. The van der Waals surface area contributed by atoms with Crippen LogP contribution in [0.1, 0.15) is 38.3 Å². The fraction of sp³-hybridized carbons (Fsp3) is 0.409. The number of thioether (sulfide) groups is 1. The molecule has 1 N–H and O–H groups in total. The van der Waals surface area contributed by atoms with Crippen LogP contribution in [0.2, 0.25) is 0 Å². The Bertz CT molecular complexity index is 698. The molecular formula is C22H29NO3S. The minimum absolute atomic E-state index is 0.351. The number of hydrogen-bond donors (Lipinski definition) is 1. The molecule has 4 nitrogen and oxygen atoms in total. The Hall–Kier alpha value is -2.14. The van der Waals surface area contributed by atoms with Gasteiger partial charge in [-0.3, -0.25) is 0 Å². The number of amides is 1. The Balaban J connectivity index is 1.63. The van der Waals surface area contributed by atoms with Crippen LogP contribution in [0.3, 0.4) is 0 Å². The number of carbonyl (C=O) groups excluding carboxylic acids is 1. The van der Waals surface area contributed by atoms with Crippen molar-refractivity contribution in [2.75, 3.05) is 12.3 Å². The van der Waals surface area contributed by atoms with Gasteiger partial charge in [0.25, 0.3) is 0 Å². The largest absolute Gasteiger partial charge is 0.489 e. The Morgan fingerprint density at radius 1 is 1.04 bits per heavy atom. The summed E-state index contributed by atoms with van der Waals surface area (Å²) in [6.07, 6.45) is 0.560. The SMILES string of the molecule is CC(C)(C)OC(=O)NCCCSCc1cccc(OCc2ccccc2)c1. The third-order valence-electron chi connectivity index (χ3n) is 3.55. The topological polar surface area (TPSA) is 47.6 Å². The van der Waals surface area contributed by atoms with Crippen molar-refractivity contribution in [2.24, 2.45) is 0 Å². The Morgan fingerprint density at radius 3 is 2.52 bits per heavy atom. The first kappa shape index (κ1) is 21.2. The van der Waals surface area contributed by atoms with E-state index in [4.69, 9.17) is 9.47 Å². The van der Waals surface area contributed by atoms with Crippen LogP contribution in [-0.2, 0) is 17.1 Å². The lowest BCUT2D eigenvalue weighted by atomic mass is 10.2. The highest BCUT2D eigenvalue weighted by atomic mass is 32.2. The predicted octanol–water partition coefficient (Wildman–Crippen LogP) is 5.41. The molecule has 0 unspecified atom stereocenters. The van der Waals surface area contributed by atoms with Crippen molar-refractivity contribution in [3.8, 4) is 5.75 Å². The highest BCUT2D eigenvalue weighted by Gasteiger charge is 2.15. The van der Waals surface area contributed by atoms with Gasteiger partial charge < -0.3 is 14.8 Å². The maximum absolute atomic E-state index is 11.6. The minimum Gasteiger partial charge on any atom is -0.489 e. The summed E-state index contributed by atoms with van der Waals surface area (Å²) in [7, 11) is 0. The molecule has 0 fully saturated rings. The van der Waals surface area contributed by atoms with Gasteiger partial charge >= 0.3 is 6.09 Å². The van der Waals surface area contributed by atoms with Gasteiger partial charge in [-0.25, -0.2) is 4.79 Å². The maximum atomic E-state index is 11.6. The molecule has 0 bridgehead atoms. The molecule has 0 aliphatic rings. The van der Waals surface area contributed by atoms with Gasteiger partial charge in [-0.1, -0.05) is 42.5 Å². The highest BCUT2D eigenvalue weighted by Crippen LogP contribution is 2.19. The lowest BCUT2D eigenvalue weighted by molar-refractivity contribution is 0.0528. The quantitative estimate of drug-likeness (QED) is 0.584. The van der Waals surface area contributed by atoms with Gasteiger partial charge in [0, 0.05) is 12.3 Å². The third-order valence-corrected chi connectivity index (χ3v) is 4.66. The molecule has 0 aliphatic carbocycles. The fourth-order valence-electron chi connectivity index (χ4n) is 2.33. The lowest BCUT2D eigenvalue weighted by Gasteiger charge is -2.19. The number of hydrogen-bond acceptors (Lipinski definition) is 4. The van der Waals surface area contributed by atoms with Crippen LogP contribution in [0.5, 0.6) is 5.75 Å². The van der Waals surface area contributed by atoms with Gasteiger partial charge in [0.05, 0.1) is 0 Å². The van der Waals surface area contributed by atoms with Crippen molar-refractivity contribution in [3.05, 3.63) is 65.7 Å². The van der Waals surface area contributed by atoms with E-state index in [0.29, 0.717) is 13.2 Å². The average Bonchev–Trinajstić information content (AvgIpc) is 2.63. The number of rotatable bonds is 9. The number of benzene rings is 2. The van der Waals surface area contributed by atoms with E-state index in [9.17, 15) is 4.79 Å². The van der Waals surface area contributed by atoms with Crippen molar-refractivity contribution in [1.82, 2.24) is 5.32 Å². The van der Waals surface area contributed by atoms with E-state index in [-0.39, 0.29) is 6.09 Å². The molecule has 27 heavy (non-hydrogen) atoms. The van der Waals surface area contributed by atoms with Gasteiger partial charge in [0.2, 0.25) is 0 Å². The standard InChI is InChI=1S/C22H29NO3S/c1-22(2,3)26-21(24)23-13-8-14-27-17-19-11-7-12-20(15-19)25-16-18-9-5-4-6-10-18/h4-7,9-12,15H,8,13-14,16-17H2,1-3H3,(H,23,24). The summed E-state index contributed by atoms with van der Waals surface area (Å²) in [5.41, 5.74) is 1.95. The van der Waals surface area contributed by atoms with Crippen molar-refractivity contribution in [1.29, 1.82) is 0 Å². The van der Waals surface area contributed by atoms with Crippen molar-refractivity contribution in [3.63, 3.8) is 0 Å². The monoisotopic (exact) mass is 387 g/mol. The van der Waals surface area contributed by atoms with E-state index >= 15 is 0 Å². The second-order valence-electron chi connectivity index (χ2n) is 7.26. The molecule has 0 saturated heterocycles. The minimum atomic E-state index is -0.452. The van der Waals surface area contributed by atoms with E-state index in [1.54, 1.807) is 0 Å². The molecule has 0 heterocycles. The fourth-order valence-corrected chi connectivity index (χ4v) is 3.24. The molecule has 5 heteroatoms. The third kappa shape index (κ3) is 9.38. The zero-order chi connectivity index (χ0) is 19.5. The van der Waals surface area contributed by atoms with Crippen LogP contribution in [0, 0.1) is 0 Å². The smallest absolute Gasteiger partial charge is 0.407 e. The molecule has 146 valence electrons. The Labute approximate surface area is 166 Å². The van der Waals surface area contributed by atoms with Crippen molar-refractivity contribution >= 4 is 17.9 Å². The van der Waals surface area contributed by atoms with Crippen molar-refractivity contribution in [2.45, 2.75) is 45.2 Å². The second kappa shape index (κ2) is 10.9. The molecule has 2 rings (SSSR count). The van der Waals surface area contributed by atoms with E-state index in [1.807, 2.05) is 62.9 Å². The molecule has 2 aromatic rings. The number of nitrogens with one attached hydrogen (secondary N) is 1. The molecule has 0 aromatic heterocycles. The van der Waals surface area contributed by atoms with E-state index < -0.39 is 5.60 Å². The van der Waals surface area contributed by atoms with Crippen molar-refractivity contribution < 1.29 is 14.3 Å². The van der Waals surface area contributed by atoms with Crippen LogP contribution in [-0.4, -0.2) is 24.0 Å². The van der Waals surface area contributed by atoms with Crippen LogP contribution in [0.15, 0.2) is 54.6 Å². The first-order valence-corrected chi connectivity index (χ1v) is 10.4. The zero-order valence-electron chi connectivity index (χ0n) is 16.4. The van der Waals surface area contributed by atoms with E-state index in [2.05, 4.69) is 29.6 Å². The second-order valence-corrected chi connectivity index (χ2v) is 8.36. The van der Waals surface area contributed by atoms with E-state index in [1.165, 1.54) is 5.56 Å². The molecule has 0 saturated carbocycles. The molecule has 0 radical (unpaired) electrons. The number of carbonyl (C=O) groups is 1. The van der Waals surface area contributed by atoms with Gasteiger partial charge in [-0.2, -0.15) is 11.8 Å². The summed E-state index contributed by atoms with van der Waals surface area (Å²) < 4.78 is 11.1. The Morgan fingerprint density at radius 2 is 1.78 bits per heavy atom.